The minimum absolute atomic E-state index is 0.381. The standard InChI is InChI=1S/C17H36N4O3/c1-6-7-13-23-14-9-12-20-15(18-5)19-10-8-11-21-16(22)24-17(2,3)4/h6-14H2,1-5H3,(H,21,22)(H2,18,19,20). The quantitative estimate of drug-likeness (QED) is 0.304. The number of alkyl carbamates (subject to hydrolysis) is 1. The highest BCUT2D eigenvalue weighted by Crippen LogP contribution is 2.06. The number of ether oxygens (including phenoxy) is 2. The Balaban J connectivity index is 3.57. The van der Waals surface area contributed by atoms with Gasteiger partial charge in [0, 0.05) is 39.9 Å². The smallest absolute Gasteiger partial charge is 0.407 e. The molecule has 0 saturated carbocycles. The van der Waals surface area contributed by atoms with Crippen molar-refractivity contribution in [1.29, 1.82) is 0 Å². The van der Waals surface area contributed by atoms with Crippen molar-refractivity contribution in [3.05, 3.63) is 0 Å². The zero-order valence-corrected chi connectivity index (χ0v) is 16.0. The van der Waals surface area contributed by atoms with E-state index in [-0.39, 0.29) is 6.09 Å². The van der Waals surface area contributed by atoms with Gasteiger partial charge in [0.15, 0.2) is 5.96 Å². The summed E-state index contributed by atoms with van der Waals surface area (Å²) < 4.78 is 10.7. The van der Waals surface area contributed by atoms with Crippen LogP contribution in [-0.2, 0) is 9.47 Å². The second kappa shape index (κ2) is 13.9. The topological polar surface area (TPSA) is 84.0 Å². The van der Waals surface area contributed by atoms with E-state index in [1.807, 2.05) is 20.8 Å². The molecule has 0 saturated heterocycles. The number of unbranched alkanes of at least 4 members (excludes halogenated alkanes) is 1. The Hall–Kier alpha value is -1.50. The van der Waals surface area contributed by atoms with Crippen molar-refractivity contribution in [2.24, 2.45) is 4.99 Å². The first kappa shape index (κ1) is 22.5. The predicted molar refractivity (Wildman–Crippen MR) is 98.6 cm³/mol. The zero-order valence-electron chi connectivity index (χ0n) is 16.0. The fourth-order valence-corrected chi connectivity index (χ4v) is 1.75. The first-order valence-corrected chi connectivity index (χ1v) is 8.88. The second-order valence-corrected chi connectivity index (χ2v) is 6.53. The van der Waals surface area contributed by atoms with Crippen LogP contribution in [0.15, 0.2) is 4.99 Å². The Labute approximate surface area is 147 Å². The van der Waals surface area contributed by atoms with Crippen LogP contribution in [0.1, 0.15) is 53.4 Å². The molecule has 0 aliphatic heterocycles. The van der Waals surface area contributed by atoms with Gasteiger partial charge < -0.3 is 25.4 Å². The van der Waals surface area contributed by atoms with Crippen LogP contribution in [0.5, 0.6) is 0 Å². The van der Waals surface area contributed by atoms with Crippen molar-refractivity contribution in [3.63, 3.8) is 0 Å². The molecular formula is C17H36N4O3. The summed E-state index contributed by atoms with van der Waals surface area (Å²) in [4.78, 5) is 15.6. The van der Waals surface area contributed by atoms with E-state index in [0.29, 0.717) is 6.54 Å². The lowest BCUT2D eigenvalue weighted by Gasteiger charge is -2.19. The molecule has 7 heteroatoms. The van der Waals surface area contributed by atoms with Crippen LogP contribution in [0.2, 0.25) is 0 Å². The van der Waals surface area contributed by atoms with Crippen molar-refractivity contribution in [1.82, 2.24) is 16.0 Å². The molecule has 142 valence electrons. The van der Waals surface area contributed by atoms with Crippen molar-refractivity contribution < 1.29 is 14.3 Å². The number of nitrogens with one attached hydrogen (secondary N) is 3. The van der Waals surface area contributed by atoms with Crippen LogP contribution >= 0.6 is 0 Å². The molecule has 0 aromatic heterocycles. The molecule has 0 atom stereocenters. The highest BCUT2D eigenvalue weighted by atomic mass is 16.6. The highest BCUT2D eigenvalue weighted by Gasteiger charge is 2.15. The fraction of sp³-hybridized carbons (Fsp3) is 0.882. The van der Waals surface area contributed by atoms with Gasteiger partial charge in [0.1, 0.15) is 5.60 Å². The van der Waals surface area contributed by atoms with Crippen molar-refractivity contribution in [2.45, 2.75) is 59.0 Å². The third kappa shape index (κ3) is 15.4. The number of guanidine groups is 1. The summed E-state index contributed by atoms with van der Waals surface area (Å²) in [5.41, 5.74) is -0.464. The molecule has 0 radical (unpaired) electrons. The van der Waals surface area contributed by atoms with E-state index in [9.17, 15) is 4.79 Å². The van der Waals surface area contributed by atoms with Gasteiger partial charge in [-0.25, -0.2) is 4.79 Å². The maximum Gasteiger partial charge on any atom is 0.407 e. The number of amides is 1. The van der Waals surface area contributed by atoms with E-state index < -0.39 is 5.60 Å². The average Bonchev–Trinajstić information content (AvgIpc) is 2.50. The first-order valence-electron chi connectivity index (χ1n) is 8.88. The number of hydrogen-bond donors (Lipinski definition) is 3. The van der Waals surface area contributed by atoms with E-state index in [4.69, 9.17) is 9.47 Å². The van der Waals surface area contributed by atoms with E-state index in [1.54, 1.807) is 7.05 Å². The van der Waals surface area contributed by atoms with Crippen molar-refractivity contribution >= 4 is 12.1 Å². The molecule has 0 unspecified atom stereocenters. The predicted octanol–water partition coefficient (Wildman–Crippen LogP) is 2.27. The normalized spacial score (nSPS) is 12.0. The summed E-state index contributed by atoms with van der Waals surface area (Å²) >= 11 is 0. The van der Waals surface area contributed by atoms with Gasteiger partial charge in [0.2, 0.25) is 0 Å². The summed E-state index contributed by atoms with van der Waals surface area (Å²) in [5, 5.41) is 9.18. The summed E-state index contributed by atoms with van der Waals surface area (Å²) in [6, 6.07) is 0. The van der Waals surface area contributed by atoms with Crippen LogP contribution in [0.25, 0.3) is 0 Å². The Morgan fingerprint density at radius 2 is 1.54 bits per heavy atom. The van der Waals surface area contributed by atoms with Crippen LogP contribution in [0.4, 0.5) is 4.79 Å². The molecule has 0 aliphatic carbocycles. The Morgan fingerprint density at radius 1 is 0.958 bits per heavy atom. The monoisotopic (exact) mass is 344 g/mol. The molecule has 0 aromatic carbocycles. The average molecular weight is 345 g/mol. The third-order valence-corrected chi connectivity index (χ3v) is 2.94. The first-order chi connectivity index (χ1) is 11.4. The minimum Gasteiger partial charge on any atom is -0.444 e. The van der Waals surface area contributed by atoms with Gasteiger partial charge in [-0.2, -0.15) is 0 Å². The molecule has 3 N–H and O–H groups in total. The lowest BCUT2D eigenvalue weighted by molar-refractivity contribution is 0.0527. The molecule has 0 aliphatic rings. The summed E-state index contributed by atoms with van der Waals surface area (Å²) in [7, 11) is 1.74. The Kier molecular flexibility index (Phi) is 13.0. The number of rotatable bonds is 11. The van der Waals surface area contributed by atoms with Gasteiger partial charge in [-0.05, 0) is 40.0 Å². The Morgan fingerprint density at radius 3 is 2.12 bits per heavy atom. The molecule has 0 heterocycles. The SMILES string of the molecule is CCCCOCCCNC(=NC)NCCCNC(=O)OC(C)(C)C. The number of carbonyl (C=O) groups is 1. The van der Waals surface area contributed by atoms with E-state index >= 15 is 0 Å². The molecule has 0 aromatic rings. The molecule has 0 rings (SSSR count). The molecule has 7 nitrogen and oxygen atoms in total. The van der Waals surface area contributed by atoms with Gasteiger partial charge in [-0.1, -0.05) is 13.3 Å². The number of carbonyl (C=O) groups excluding carboxylic acids is 1. The van der Waals surface area contributed by atoms with Crippen LogP contribution in [-0.4, -0.2) is 57.5 Å². The van der Waals surface area contributed by atoms with Gasteiger partial charge in [-0.3, -0.25) is 4.99 Å². The number of hydrogen-bond acceptors (Lipinski definition) is 4. The lowest BCUT2D eigenvalue weighted by Crippen LogP contribution is -2.39. The number of nitrogens with zero attached hydrogens (tertiary/aromatic N) is 1. The summed E-state index contributed by atoms with van der Waals surface area (Å²) in [6.07, 6.45) is 3.64. The van der Waals surface area contributed by atoms with E-state index in [0.717, 1.165) is 57.9 Å². The molecular weight excluding hydrogens is 308 g/mol. The maximum atomic E-state index is 11.5. The van der Waals surface area contributed by atoms with Gasteiger partial charge in [-0.15, -0.1) is 0 Å². The zero-order chi connectivity index (χ0) is 18.3. The van der Waals surface area contributed by atoms with Crippen LogP contribution in [0.3, 0.4) is 0 Å². The molecule has 0 spiro atoms. The van der Waals surface area contributed by atoms with Crippen molar-refractivity contribution in [3.8, 4) is 0 Å². The maximum absolute atomic E-state index is 11.5. The van der Waals surface area contributed by atoms with E-state index in [2.05, 4.69) is 27.9 Å². The molecule has 0 bridgehead atoms. The highest BCUT2D eigenvalue weighted by molar-refractivity contribution is 5.79. The van der Waals surface area contributed by atoms with Gasteiger partial charge in [0.25, 0.3) is 0 Å². The molecule has 24 heavy (non-hydrogen) atoms. The van der Waals surface area contributed by atoms with Crippen LogP contribution in [0, 0.1) is 0 Å². The summed E-state index contributed by atoms with van der Waals surface area (Å²) in [6.45, 7) is 11.4. The van der Waals surface area contributed by atoms with Gasteiger partial charge >= 0.3 is 6.09 Å². The largest absolute Gasteiger partial charge is 0.444 e. The second-order valence-electron chi connectivity index (χ2n) is 6.53. The summed E-state index contributed by atoms with van der Waals surface area (Å²) in [5.74, 6) is 0.765. The third-order valence-electron chi connectivity index (χ3n) is 2.94. The van der Waals surface area contributed by atoms with Crippen molar-refractivity contribution in [2.75, 3.05) is 39.9 Å². The minimum atomic E-state index is -0.464. The Bertz CT molecular complexity index is 354. The van der Waals surface area contributed by atoms with Crippen LogP contribution < -0.4 is 16.0 Å². The number of aliphatic imine (C=N–C) groups is 1. The van der Waals surface area contributed by atoms with E-state index in [1.165, 1.54) is 0 Å². The molecule has 1 amide bonds. The lowest BCUT2D eigenvalue weighted by atomic mass is 10.2. The molecule has 0 fully saturated rings. The fourth-order valence-electron chi connectivity index (χ4n) is 1.75. The van der Waals surface area contributed by atoms with Gasteiger partial charge in [0.05, 0.1) is 0 Å².